The molecule has 32 heavy (non-hydrogen) atoms. The lowest BCUT2D eigenvalue weighted by molar-refractivity contribution is 0.444. The average molecular weight is 490 g/mol. The van der Waals surface area contributed by atoms with E-state index in [1.165, 1.54) is 16.4 Å². The molecule has 0 spiro atoms. The number of thioether (sulfide) groups is 1. The summed E-state index contributed by atoms with van der Waals surface area (Å²) >= 11 is 0.907. The van der Waals surface area contributed by atoms with Crippen molar-refractivity contribution in [1.82, 2.24) is 13.9 Å². The first-order valence-electron chi connectivity index (χ1n) is 9.99. The molecule has 3 aromatic rings. The smallest absolute Gasteiger partial charge is 0.243 e. The Balaban J connectivity index is 2.04. The molecular weight excluding hydrogens is 466 g/mol. The van der Waals surface area contributed by atoms with Gasteiger partial charge in [-0.05, 0) is 32.0 Å². The van der Waals surface area contributed by atoms with E-state index in [4.69, 9.17) is 0 Å². The number of fused-ring (bicyclic) bond motifs is 1. The number of benzene rings is 2. The van der Waals surface area contributed by atoms with E-state index in [1.807, 2.05) is 13.8 Å². The van der Waals surface area contributed by atoms with Crippen LogP contribution in [-0.2, 0) is 15.8 Å². The van der Waals surface area contributed by atoms with E-state index in [-0.39, 0.29) is 17.0 Å². The molecule has 0 saturated carbocycles. The predicted octanol–water partition coefficient (Wildman–Crippen LogP) is 5.50. The summed E-state index contributed by atoms with van der Waals surface area (Å²) in [7, 11) is -3.70. The topological polar surface area (TPSA) is 55.2 Å². The lowest BCUT2D eigenvalue weighted by Gasteiger charge is -2.18. The molecule has 2 aromatic carbocycles. The van der Waals surface area contributed by atoms with Crippen molar-refractivity contribution in [2.45, 2.75) is 49.5 Å². The Morgan fingerprint density at radius 2 is 1.62 bits per heavy atom. The van der Waals surface area contributed by atoms with Crippen molar-refractivity contribution in [3.63, 3.8) is 0 Å². The maximum atomic E-state index is 14.0. The molecular formula is C21H23F4N3O2S2. The number of rotatable bonds is 8. The van der Waals surface area contributed by atoms with E-state index in [9.17, 15) is 26.0 Å². The van der Waals surface area contributed by atoms with Crippen LogP contribution in [0.5, 0.6) is 0 Å². The van der Waals surface area contributed by atoms with Gasteiger partial charge in [0.25, 0.3) is 0 Å². The normalized spacial score (nSPS) is 12.4. The first-order chi connectivity index (χ1) is 15.0. The third kappa shape index (κ3) is 4.38. The summed E-state index contributed by atoms with van der Waals surface area (Å²) in [5.74, 6) is -6.23. The minimum absolute atomic E-state index is 0.0861. The molecule has 0 unspecified atom stereocenters. The summed E-state index contributed by atoms with van der Waals surface area (Å²) in [4.78, 5) is 4.53. The summed E-state index contributed by atoms with van der Waals surface area (Å²) in [6.07, 6.45) is 0. The molecule has 0 bridgehead atoms. The number of sulfonamides is 1. The molecule has 0 fully saturated rings. The lowest BCUT2D eigenvalue weighted by atomic mass is 10.2. The van der Waals surface area contributed by atoms with Crippen LogP contribution in [0.4, 0.5) is 17.6 Å². The molecule has 1 aromatic heterocycles. The molecule has 0 aliphatic rings. The first-order valence-corrected chi connectivity index (χ1v) is 12.4. The van der Waals surface area contributed by atoms with Gasteiger partial charge < -0.3 is 4.57 Å². The fourth-order valence-electron chi connectivity index (χ4n) is 3.42. The molecule has 0 aliphatic carbocycles. The number of aromatic nitrogens is 2. The number of hydrogen-bond donors (Lipinski definition) is 0. The van der Waals surface area contributed by atoms with Crippen LogP contribution in [0.1, 0.15) is 39.3 Å². The van der Waals surface area contributed by atoms with Gasteiger partial charge in [-0.1, -0.05) is 25.6 Å². The van der Waals surface area contributed by atoms with Gasteiger partial charge in [0.2, 0.25) is 10.0 Å². The van der Waals surface area contributed by atoms with Gasteiger partial charge in [-0.3, -0.25) is 0 Å². The Labute approximate surface area is 188 Å². The zero-order valence-corrected chi connectivity index (χ0v) is 19.6. The molecule has 3 rings (SSSR count). The van der Waals surface area contributed by atoms with E-state index < -0.39 is 44.6 Å². The molecule has 0 saturated heterocycles. The molecule has 1 heterocycles. The standard InChI is InChI=1S/C21H23F4N3O2S2/c1-5-27(6-2)32(29,30)13-7-8-18-17(9-13)26-21(28(18)12(3)4)31-11-14-19(24)15(22)10-16(23)20(14)25/h7-10,12H,5-6,11H2,1-4H3. The highest BCUT2D eigenvalue weighted by atomic mass is 32.2. The van der Waals surface area contributed by atoms with Gasteiger partial charge in [0.15, 0.2) is 28.4 Å². The van der Waals surface area contributed by atoms with Crippen LogP contribution in [0.15, 0.2) is 34.3 Å². The maximum Gasteiger partial charge on any atom is 0.243 e. The van der Waals surface area contributed by atoms with Crippen molar-refractivity contribution >= 4 is 32.8 Å². The second-order valence-corrected chi connectivity index (χ2v) is 10.2. The number of halogens is 4. The SMILES string of the molecule is CCN(CC)S(=O)(=O)c1ccc2c(c1)nc(SCc1c(F)c(F)cc(F)c1F)n2C(C)C. The van der Waals surface area contributed by atoms with Crippen LogP contribution >= 0.6 is 11.8 Å². The highest BCUT2D eigenvalue weighted by Crippen LogP contribution is 2.33. The van der Waals surface area contributed by atoms with E-state index >= 15 is 0 Å². The highest BCUT2D eigenvalue weighted by molar-refractivity contribution is 7.98. The minimum Gasteiger partial charge on any atom is -0.316 e. The first kappa shape index (κ1) is 24.5. The van der Waals surface area contributed by atoms with Crippen molar-refractivity contribution in [1.29, 1.82) is 0 Å². The second-order valence-electron chi connectivity index (χ2n) is 7.33. The van der Waals surface area contributed by atoms with Crippen LogP contribution in [0.25, 0.3) is 11.0 Å². The molecule has 0 aliphatic heterocycles. The zero-order chi connectivity index (χ0) is 23.8. The quantitative estimate of drug-likeness (QED) is 0.238. The van der Waals surface area contributed by atoms with Crippen molar-refractivity contribution in [3.05, 3.63) is 53.1 Å². The van der Waals surface area contributed by atoms with E-state index in [0.29, 0.717) is 29.3 Å². The Bertz CT molecular complexity index is 1230. The molecule has 0 N–H and O–H groups in total. The number of hydrogen-bond acceptors (Lipinski definition) is 4. The van der Waals surface area contributed by atoms with Crippen LogP contribution in [-0.4, -0.2) is 35.4 Å². The van der Waals surface area contributed by atoms with Gasteiger partial charge in [-0.15, -0.1) is 0 Å². The minimum atomic E-state index is -3.70. The highest BCUT2D eigenvalue weighted by Gasteiger charge is 2.24. The fourth-order valence-corrected chi connectivity index (χ4v) is 6.03. The summed E-state index contributed by atoms with van der Waals surface area (Å²) in [6.45, 7) is 7.87. The number of imidazole rings is 1. The van der Waals surface area contributed by atoms with E-state index in [0.717, 1.165) is 11.8 Å². The average Bonchev–Trinajstić information content (AvgIpc) is 3.10. The zero-order valence-electron chi connectivity index (χ0n) is 18.0. The van der Waals surface area contributed by atoms with Crippen molar-refractivity contribution in [3.8, 4) is 0 Å². The maximum absolute atomic E-state index is 14.0. The predicted molar refractivity (Wildman–Crippen MR) is 116 cm³/mol. The summed E-state index contributed by atoms with van der Waals surface area (Å²) in [5.41, 5.74) is 0.299. The van der Waals surface area contributed by atoms with Crippen LogP contribution in [0, 0.1) is 23.3 Å². The largest absolute Gasteiger partial charge is 0.316 e. The monoisotopic (exact) mass is 489 g/mol. The van der Waals surface area contributed by atoms with Gasteiger partial charge in [0, 0.05) is 36.5 Å². The van der Waals surface area contributed by atoms with Gasteiger partial charge in [-0.25, -0.2) is 31.0 Å². The fraction of sp³-hybridized carbons (Fsp3) is 0.381. The Kier molecular flexibility index (Phi) is 7.21. The third-order valence-electron chi connectivity index (χ3n) is 5.04. The Hall–Kier alpha value is -2.11. The van der Waals surface area contributed by atoms with Gasteiger partial charge >= 0.3 is 0 Å². The second kappa shape index (κ2) is 9.40. The molecule has 5 nitrogen and oxygen atoms in total. The van der Waals surface area contributed by atoms with Crippen molar-refractivity contribution < 1.29 is 26.0 Å². The van der Waals surface area contributed by atoms with Gasteiger partial charge in [0.1, 0.15) is 0 Å². The van der Waals surface area contributed by atoms with Crippen LogP contribution in [0.2, 0.25) is 0 Å². The lowest BCUT2D eigenvalue weighted by Crippen LogP contribution is -2.30. The Morgan fingerprint density at radius 1 is 1.03 bits per heavy atom. The summed E-state index contributed by atoms with van der Waals surface area (Å²) in [5, 5.41) is 0.343. The van der Waals surface area contributed by atoms with Crippen LogP contribution in [0.3, 0.4) is 0 Å². The summed E-state index contributed by atoms with van der Waals surface area (Å²) in [6, 6.07) is 4.62. The van der Waals surface area contributed by atoms with Crippen molar-refractivity contribution in [2.24, 2.45) is 0 Å². The van der Waals surface area contributed by atoms with Gasteiger partial charge in [-0.2, -0.15) is 4.31 Å². The van der Waals surface area contributed by atoms with E-state index in [1.54, 1.807) is 24.5 Å². The Morgan fingerprint density at radius 3 is 2.16 bits per heavy atom. The molecule has 0 amide bonds. The van der Waals surface area contributed by atoms with E-state index in [2.05, 4.69) is 4.98 Å². The van der Waals surface area contributed by atoms with Gasteiger partial charge in [0.05, 0.1) is 15.9 Å². The molecule has 0 radical (unpaired) electrons. The molecule has 0 atom stereocenters. The molecule has 174 valence electrons. The summed E-state index contributed by atoms with van der Waals surface area (Å²) < 4.78 is 83.9. The number of nitrogens with zero attached hydrogens (tertiary/aromatic N) is 3. The van der Waals surface area contributed by atoms with Crippen molar-refractivity contribution in [2.75, 3.05) is 13.1 Å². The third-order valence-corrected chi connectivity index (χ3v) is 8.06. The van der Waals surface area contributed by atoms with Crippen LogP contribution < -0.4 is 0 Å². The molecule has 11 heteroatoms.